The quantitative estimate of drug-likeness (QED) is 0.300. The summed E-state index contributed by atoms with van der Waals surface area (Å²) in [5.41, 5.74) is 2.46. The molecule has 1 heterocycles. The Hall–Kier alpha value is -2.57. The minimum absolute atomic E-state index is 0.0463. The van der Waals surface area contributed by atoms with Crippen LogP contribution >= 0.6 is 11.3 Å². The van der Waals surface area contributed by atoms with Crippen LogP contribution in [-0.2, 0) is 4.79 Å². The lowest BCUT2D eigenvalue weighted by Crippen LogP contribution is -2.28. The third-order valence-corrected chi connectivity index (χ3v) is 5.69. The lowest BCUT2D eigenvalue weighted by molar-refractivity contribution is -0.106. The number of nitrogens with zero attached hydrogens (tertiary/aromatic N) is 1. The van der Waals surface area contributed by atoms with E-state index >= 15 is 0 Å². The number of allylic oxidation sites excluding steroid dienone is 2. The summed E-state index contributed by atoms with van der Waals surface area (Å²) >= 11 is 1.55. The van der Waals surface area contributed by atoms with Gasteiger partial charge in [-0.15, -0.1) is 11.3 Å². The van der Waals surface area contributed by atoms with E-state index in [2.05, 4.69) is 43.8 Å². The van der Waals surface area contributed by atoms with Crippen molar-refractivity contribution in [2.24, 2.45) is 0 Å². The van der Waals surface area contributed by atoms with E-state index in [1.54, 1.807) is 17.4 Å². The van der Waals surface area contributed by atoms with Gasteiger partial charge in [-0.3, -0.25) is 0 Å². The van der Waals surface area contributed by atoms with Crippen LogP contribution in [-0.4, -0.2) is 49.6 Å². The number of hydrogen-bond donors (Lipinski definition) is 2. The molecule has 158 valence electrons. The molecule has 1 aromatic carbocycles. The first-order chi connectivity index (χ1) is 13.9. The van der Waals surface area contributed by atoms with E-state index in [9.17, 15) is 5.11 Å². The third kappa shape index (κ3) is 5.95. The van der Waals surface area contributed by atoms with Crippen molar-refractivity contribution >= 4 is 44.0 Å². The van der Waals surface area contributed by atoms with Gasteiger partial charge in [0.25, 0.3) is 0 Å². The Labute approximate surface area is 178 Å². The predicted molar refractivity (Wildman–Crippen MR) is 127 cm³/mol. The van der Waals surface area contributed by atoms with Crippen molar-refractivity contribution in [1.82, 2.24) is 4.90 Å². The first kappa shape index (κ1) is 24.5. The van der Waals surface area contributed by atoms with Crippen molar-refractivity contribution in [3.05, 3.63) is 49.1 Å². The van der Waals surface area contributed by atoms with E-state index in [1.807, 2.05) is 19.2 Å². The number of benzene rings is 1. The fourth-order valence-electron chi connectivity index (χ4n) is 2.92. The minimum atomic E-state index is 0.0463. The summed E-state index contributed by atoms with van der Waals surface area (Å²) in [4.78, 5) is 11.1. The highest BCUT2D eigenvalue weighted by Crippen LogP contribution is 2.45. The number of fused-ring (bicyclic) bond motifs is 1. The Bertz CT molecular complexity index is 867. The maximum absolute atomic E-state index is 10.0. The van der Waals surface area contributed by atoms with Crippen LogP contribution in [0.25, 0.3) is 21.4 Å². The Balaban J connectivity index is 0.00000132. The van der Waals surface area contributed by atoms with Gasteiger partial charge in [0.15, 0.2) is 0 Å². The Kier molecular flexibility index (Phi) is 10.2. The lowest BCUT2D eigenvalue weighted by Gasteiger charge is -2.19. The number of carbonyl (C=O) groups is 1. The highest BCUT2D eigenvalue weighted by atomic mass is 32.1. The molecule has 0 saturated heterocycles. The molecule has 2 rings (SSSR count). The van der Waals surface area contributed by atoms with Crippen LogP contribution < -0.4 is 10.1 Å². The van der Waals surface area contributed by atoms with Crippen molar-refractivity contribution in [3.8, 4) is 5.75 Å². The van der Waals surface area contributed by atoms with Crippen molar-refractivity contribution in [1.29, 1.82) is 0 Å². The SMILES string of the molecule is C=CC(=C)c1ccc2c(C(=C)O)c(NC)sc2c1OCCN(CC)CC.CC=O. The Morgan fingerprint density at radius 2 is 1.93 bits per heavy atom. The van der Waals surface area contributed by atoms with Gasteiger partial charge in [-0.05, 0) is 31.7 Å². The van der Waals surface area contributed by atoms with Crippen LogP contribution in [0.4, 0.5) is 5.00 Å². The van der Waals surface area contributed by atoms with Crippen molar-refractivity contribution < 1.29 is 14.6 Å². The van der Waals surface area contributed by atoms with Gasteiger partial charge < -0.3 is 24.9 Å². The summed E-state index contributed by atoms with van der Waals surface area (Å²) in [6.45, 7) is 20.8. The number of carbonyl (C=O) groups excluding carboxylic acids is 1. The molecule has 0 saturated carbocycles. The summed E-state index contributed by atoms with van der Waals surface area (Å²) in [6, 6.07) is 3.95. The van der Waals surface area contributed by atoms with Gasteiger partial charge >= 0.3 is 0 Å². The van der Waals surface area contributed by atoms with Crippen LogP contribution in [0.5, 0.6) is 5.75 Å². The summed E-state index contributed by atoms with van der Waals surface area (Å²) < 4.78 is 7.19. The molecule has 0 radical (unpaired) electrons. The normalized spacial score (nSPS) is 10.2. The molecular weight excluding hydrogens is 384 g/mol. The molecule has 0 unspecified atom stereocenters. The molecule has 29 heavy (non-hydrogen) atoms. The summed E-state index contributed by atoms with van der Waals surface area (Å²) in [7, 11) is 1.83. The van der Waals surface area contributed by atoms with E-state index < -0.39 is 0 Å². The molecule has 0 amide bonds. The maximum Gasteiger partial charge on any atom is 0.145 e. The second-order valence-electron chi connectivity index (χ2n) is 6.16. The van der Waals surface area contributed by atoms with Gasteiger partial charge in [0.2, 0.25) is 0 Å². The monoisotopic (exact) mass is 416 g/mol. The molecule has 6 heteroatoms. The highest BCUT2D eigenvalue weighted by molar-refractivity contribution is 7.23. The second-order valence-corrected chi connectivity index (χ2v) is 7.18. The number of hydrogen-bond acceptors (Lipinski definition) is 6. The number of thiophene rings is 1. The predicted octanol–water partition coefficient (Wildman–Crippen LogP) is 5.60. The standard InChI is InChI=1S/C21H28N2O2S.C2H4O/c1-7-14(4)16-10-11-17-18(15(5)24)21(22-6)26-20(17)19(16)25-13-12-23(8-2)9-3;1-2-3/h7,10-11,22,24H,1,4-5,8-9,12-13H2,2-3,6H3;2H,1H3. The average molecular weight is 417 g/mol. The van der Waals surface area contributed by atoms with Gasteiger partial charge in [-0.25, -0.2) is 0 Å². The van der Waals surface area contributed by atoms with E-state index in [4.69, 9.17) is 9.53 Å². The minimum Gasteiger partial charge on any atom is -0.508 e. The molecule has 5 nitrogen and oxygen atoms in total. The fraction of sp³-hybridized carbons (Fsp3) is 0.348. The number of ether oxygens (including phenoxy) is 1. The number of aldehydes is 1. The summed E-state index contributed by atoms with van der Waals surface area (Å²) in [5, 5.41) is 15.0. The van der Waals surface area contributed by atoms with E-state index in [-0.39, 0.29) is 5.76 Å². The molecular formula is C23H32N2O3S. The molecule has 0 aliphatic carbocycles. The highest BCUT2D eigenvalue weighted by Gasteiger charge is 2.20. The van der Waals surface area contributed by atoms with Crippen LogP contribution in [0.3, 0.4) is 0 Å². The molecule has 2 aromatic rings. The van der Waals surface area contributed by atoms with Crippen molar-refractivity contribution in [2.45, 2.75) is 20.8 Å². The lowest BCUT2D eigenvalue weighted by atomic mass is 10.0. The molecule has 0 atom stereocenters. The number of likely N-dealkylation sites (N-methyl/N-ethyl adjacent to an activating group) is 1. The molecule has 2 N–H and O–H groups in total. The zero-order chi connectivity index (χ0) is 22.0. The maximum atomic E-state index is 10.0. The van der Waals surface area contributed by atoms with E-state index in [0.29, 0.717) is 6.61 Å². The molecule has 0 bridgehead atoms. The van der Waals surface area contributed by atoms with Crippen LogP contribution in [0.1, 0.15) is 31.9 Å². The first-order valence-corrected chi connectivity index (χ1v) is 10.4. The Morgan fingerprint density at radius 1 is 1.31 bits per heavy atom. The zero-order valence-corrected chi connectivity index (χ0v) is 18.7. The van der Waals surface area contributed by atoms with E-state index in [0.717, 1.165) is 63.5 Å². The smallest absolute Gasteiger partial charge is 0.145 e. The fourth-order valence-corrected chi connectivity index (χ4v) is 4.10. The molecule has 1 aromatic heterocycles. The van der Waals surface area contributed by atoms with Gasteiger partial charge in [-0.1, -0.05) is 45.7 Å². The number of aliphatic hydroxyl groups is 1. The van der Waals surface area contributed by atoms with Gasteiger partial charge in [0.1, 0.15) is 29.4 Å². The van der Waals surface area contributed by atoms with Crippen LogP contribution in [0, 0.1) is 0 Å². The van der Waals surface area contributed by atoms with E-state index in [1.165, 1.54) is 6.92 Å². The number of rotatable bonds is 10. The van der Waals surface area contributed by atoms with Crippen molar-refractivity contribution in [3.63, 3.8) is 0 Å². The summed E-state index contributed by atoms with van der Waals surface area (Å²) in [6.07, 6.45) is 2.48. The van der Waals surface area contributed by atoms with Crippen molar-refractivity contribution in [2.75, 3.05) is 38.6 Å². The van der Waals surface area contributed by atoms with Gasteiger partial charge in [-0.2, -0.15) is 0 Å². The summed E-state index contributed by atoms with van der Waals surface area (Å²) in [5.74, 6) is 0.832. The number of nitrogens with one attached hydrogen (secondary N) is 1. The zero-order valence-electron chi connectivity index (χ0n) is 17.9. The molecule has 0 fully saturated rings. The second kappa shape index (κ2) is 12.1. The average Bonchev–Trinajstić information content (AvgIpc) is 3.10. The van der Waals surface area contributed by atoms with Gasteiger partial charge in [0, 0.05) is 24.5 Å². The van der Waals surface area contributed by atoms with Crippen LogP contribution in [0.2, 0.25) is 0 Å². The third-order valence-electron chi connectivity index (χ3n) is 4.47. The van der Waals surface area contributed by atoms with Gasteiger partial charge in [0.05, 0.1) is 10.3 Å². The molecule has 0 aliphatic rings. The molecule has 0 aliphatic heterocycles. The largest absolute Gasteiger partial charge is 0.508 e. The Morgan fingerprint density at radius 3 is 2.41 bits per heavy atom. The topological polar surface area (TPSA) is 61.8 Å². The first-order valence-electron chi connectivity index (χ1n) is 9.62. The molecule has 0 spiro atoms. The number of anilines is 1. The number of aliphatic hydroxyl groups excluding tert-OH is 1. The van der Waals surface area contributed by atoms with Crippen LogP contribution in [0.15, 0.2) is 37.9 Å².